The van der Waals surface area contributed by atoms with Crippen molar-refractivity contribution in [2.24, 2.45) is 0 Å². The molecule has 2 rings (SSSR count). The highest BCUT2D eigenvalue weighted by Gasteiger charge is 2.19. The lowest BCUT2D eigenvalue weighted by Gasteiger charge is -2.10. The zero-order valence-electron chi connectivity index (χ0n) is 8.25. The fourth-order valence-electron chi connectivity index (χ4n) is 1.38. The van der Waals surface area contributed by atoms with E-state index >= 15 is 0 Å². The maximum Gasteiger partial charge on any atom is 0.147 e. The summed E-state index contributed by atoms with van der Waals surface area (Å²) >= 11 is 16.0. The Balaban J connectivity index is 2.43. The van der Waals surface area contributed by atoms with Gasteiger partial charge in [-0.2, -0.15) is 0 Å². The van der Waals surface area contributed by atoms with E-state index in [0.717, 1.165) is 0 Å². The second kappa shape index (κ2) is 5.24. The van der Waals surface area contributed by atoms with Gasteiger partial charge in [0.15, 0.2) is 0 Å². The molecule has 0 radical (unpaired) electrons. The van der Waals surface area contributed by atoms with Crippen molar-refractivity contribution in [3.05, 3.63) is 54.4 Å². The van der Waals surface area contributed by atoms with E-state index in [1.807, 2.05) is 0 Å². The van der Waals surface area contributed by atoms with Gasteiger partial charge in [-0.05, 0) is 28.1 Å². The van der Waals surface area contributed by atoms with Crippen LogP contribution >= 0.6 is 50.5 Å². The average Bonchev–Trinajstić information content (AvgIpc) is 2.62. The third kappa shape index (κ3) is 2.66. The predicted molar refractivity (Wildman–Crippen MR) is 72.5 cm³/mol. The van der Waals surface area contributed by atoms with Crippen molar-refractivity contribution < 1.29 is 9.50 Å². The molecule has 1 N–H and O–H groups in total. The van der Waals surface area contributed by atoms with Crippen LogP contribution in [0.25, 0.3) is 0 Å². The van der Waals surface area contributed by atoms with Gasteiger partial charge in [-0.15, -0.1) is 11.3 Å². The van der Waals surface area contributed by atoms with Crippen LogP contribution in [0, 0.1) is 5.82 Å². The van der Waals surface area contributed by atoms with Gasteiger partial charge in [-0.3, -0.25) is 0 Å². The van der Waals surface area contributed by atoms with Crippen molar-refractivity contribution in [1.29, 1.82) is 0 Å². The van der Waals surface area contributed by atoms with E-state index in [4.69, 9.17) is 23.2 Å². The summed E-state index contributed by atoms with van der Waals surface area (Å²) in [5.41, 5.74) is 0.142. The average molecular weight is 356 g/mol. The third-order valence-electron chi connectivity index (χ3n) is 2.21. The molecule has 0 aliphatic rings. The molecule has 0 bridgehead atoms. The van der Waals surface area contributed by atoms with Crippen LogP contribution in [0.1, 0.15) is 16.5 Å². The third-order valence-corrected chi connectivity index (χ3v) is 5.03. The lowest BCUT2D eigenvalue weighted by molar-refractivity contribution is 0.219. The Hall–Kier alpha value is -0.130. The second-order valence-electron chi connectivity index (χ2n) is 3.32. The molecule has 1 unspecified atom stereocenters. The minimum absolute atomic E-state index is 0.0109. The highest BCUT2D eigenvalue weighted by atomic mass is 79.9. The molecule has 0 saturated carbocycles. The molecule has 1 heterocycles. The van der Waals surface area contributed by atoms with Gasteiger partial charge >= 0.3 is 0 Å². The molecule has 0 saturated heterocycles. The molecule has 0 amide bonds. The van der Waals surface area contributed by atoms with Gasteiger partial charge in [0.25, 0.3) is 0 Å². The van der Waals surface area contributed by atoms with E-state index < -0.39 is 11.9 Å². The number of thiophene rings is 1. The van der Waals surface area contributed by atoms with Crippen molar-refractivity contribution in [3.8, 4) is 0 Å². The quantitative estimate of drug-likeness (QED) is 0.800. The summed E-state index contributed by atoms with van der Waals surface area (Å²) < 4.78 is 14.9. The molecular formula is C11H6BrCl2FOS. The normalized spacial score (nSPS) is 12.8. The molecule has 0 fully saturated rings. The summed E-state index contributed by atoms with van der Waals surface area (Å²) in [4.78, 5) is 0.558. The molecule has 6 heteroatoms. The van der Waals surface area contributed by atoms with Crippen LogP contribution in [0.3, 0.4) is 0 Å². The number of aliphatic hydroxyl groups excluding tert-OH is 1. The van der Waals surface area contributed by atoms with Gasteiger partial charge in [0.1, 0.15) is 16.3 Å². The predicted octanol–water partition coefficient (Wildman–Crippen LogP) is 5.04. The van der Waals surface area contributed by atoms with Gasteiger partial charge in [0.05, 0.1) is 5.02 Å². The first kappa shape index (κ1) is 13.3. The maximum absolute atomic E-state index is 13.7. The summed E-state index contributed by atoms with van der Waals surface area (Å²) in [7, 11) is 0. The van der Waals surface area contributed by atoms with Crippen LogP contribution in [0.5, 0.6) is 0 Å². The summed E-state index contributed by atoms with van der Waals surface area (Å²) in [6.45, 7) is 0. The Morgan fingerprint density at radius 2 is 2.06 bits per heavy atom. The van der Waals surface area contributed by atoms with Crippen LogP contribution in [-0.4, -0.2) is 5.11 Å². The Morgan fingerprint density at radius 1 is 1.35 bits per heavy atom. The van der Waals surface area contributed by atoms with Crippen molar-refractivity contribution >= 4 is 50.5 Å². The number of aliphatic hydroxyl groups is 1. The van der Waals surface area contributed by atoms with E-state index in [1.54, 1.807) is 12.1 Å². The molecule has 1 atom stereocenters. The molecule has 0 aliphatic carbocycles. The molecule has 0 spiro atoms. The lowest BCUT2D eigenvalue weighted by atomic mass is 10.1. The first-order valence-corrected chi connectivity index (χ1v) is 6.94. The number of halogens is 4. The second-order valence-corrected chi connectivity index (χ2v) is 6.26. The van der Waals surface area contributed by atoms with Crippen LogP contribution in [-0.2, 0) is 0 Å². The van der Waals surface area contributed by atoms with Crippen LogP contribution < -0.4 is 0 Å². The van der Waals surface area contributed by atoms with Crippen LogP contribution in [0.4, 0.5) is 4.39 Å². The summed E-state index contributed by atoms with van der Waals surface area (Å²) in [5, 5.41) is 10.1. The number of benzene rings is 1. The monoisotopic (exact) mass is 354 g/mol. The minimum atomic E-state index is -1.07. The summed E-state index contributed by atoms with van der Waals surface area (Å²) in [5.74, 6) is -0.609. The first-order valence-electron chi connectivity index (χ1n) is 4.57. The zero-order valence-corrected chi connectivity index (χ0v) is 12.2. The van der Waals surface area contributed by atoms with Gasteiger partial charge < -0.3 is 5.11 Å². The van der Waals surface area contributed by atoms with E-state index in [2.05, 4.69) is 15.9 Å². The van der Waals surface area contributed by atoms with Gasteiger partial charge in [0.2, 0.25) is 0 Å². The smallest absolute Gasteiger partial charge is 0.147 e. The standard InChI is InChI=1S/C11H6BrCl2FOS/c12-6-4-8(17-11(6)14)10(16)5-2-1-3-7(13)9(5)15/h1-4,10,16H. The Morgan fingerprint density at radius 3 is 2.65 bits per heavy atom. The minimum Gasteiger partial charge on any atom is -0.383 e. The van der Waals surface area contributed by atoms with Crippen molar-refractivity contribution in [2.75, 3.05) is 0 Å². The molecule has 0 aliphatic heterocycles. The van der Waals surface area contributed by atoms with Crippen molar-refractivity contribution in [1.82, 2.24) is 0 Å². The molecule has 1 nitrogen and oxygen atoms in total. The fraction of sp³-hybridized carbons (Fsp3) is 0.0909. The van der Waals surface area contributed by atoms with Gasteiger partial charge in [0, 0.05) is 14.9 Å². The van der Waals surface area contributed by atoms with Gasteiger partial charge in [-0.1, -0.05) is 35.3 Å². The lowest BCUT2D eigenvalue weighted by Crippen LogP contribution is -2.00. The zero-order chi connectivity index (χ0) is 12.6. The Kier molecular flexibility index (Phi) is 4.10. The van der Waals surface area contributed by atoms with E-state index in [0.29, 0.717) is 13.7 Å². The van der Waals surface area contributed by atoms with Crippen LogP contribution in [0.2, 0.25) is 9.36 Å². The molecule has 90 valence electrons. The largest absolute Gasteiger partial charge is 0.383 e. The Bertz CT molecular complexity index is 539. The first-order chi connectivity index (χ1) is 8.00. The van der Waals surface area contributed by atoms with Crippen LogP contribution in [0.15, 0.2) is 28.7 Å². The molecule has 17 heavy (non-hydrogen) atoms. The number of hydrogen-bond donors (Lipinski definition) is 1. The Labute approximate surface area is 120 Å². The van der Waals surface area contributed by atoms with Gasteiger partial charge in [-0.25, -0.2) is 4.39 Å². The number of hydrogen-bond acceptors (Lipinski definition) is 2. The van der Waals surface area contributed by atoms with E-state index in [1.165, 1.54) is 23.5 Å². The topological polar surface area (TPSA) is 20.2 Å². The molecule has 2 aromatic rings. The molecule has 1 aromatic heterocycles. The van der Waals surface area contributed by atoms with E-state index in [9.17, 15) is 9.50 Å². The van der Waals surface area contributed by atoms with E-state index in [-0.39, 0.29) is 10.6 Å². The van der Waals surface area contributed by atoms with Crippen molar-refractivity contribution in [3.63, 3.8) is 0 Å². The SMILES string of the molecule is OC(c1cc(Br)c(Cl)s1)c1cccc(Cl)c1F. The fourth-order valence-corrected chi connectivity index (χ4v) is 3.31. The molecular weight excluding hydrogens is 350 g/mol. The summed E-state index contributed by atoms with van der Waals surface area (Å²) in [6.07, 6.45) is -1.07. The molecule has 1 aromatic carbocycles. The maximum atomic E-state index is 13.7. The highest BCUT2D eigenvalue weighted by Crippen LogP contribution is 2.38. The van der Waals surface area contributed by atoms with Crippen molar-refractivity contribution in [2.45, 2.75) is 6.10 Å². The highest BCUT2D eigenvalue weighted by molar-refractivity contribution is 9.10. The summed E-state index contributed by atoms with van der Waals surface area (Å²) in [6, 6.07) is 6.18. The number of rotatable bonds is 2.